The van der Waals surface area contributed by atoms with Crippen LogP contribution >= 0.6 is 22.7 Å². The zero-order valence-corrected chi connectivity index (χ0v) is 15.5. The Bertz CT molecular complexity index is 790. The van der Waals surface area contributed by atoms with Crippen LogP contribution in [0.4, 0.5) is 0 Å². The maximum atomic E-state index is 12.8. The Balaban J connectivity index is 1.73. The number of carbonyl (C=O) groups excluding carboxylic acids is 1. The molecule has 0 bridgehead atoms. The van der Waals surface area contributed by atoms with E-state index < -0.39 is 0 Å². The molecule has 0 aliphatic rings. The van der Waals surface area contributed by atoms with Gasteiger partial charge in [-0.25, -0.2) is 4.98 Å². The normalized spacial score (nSPS) is 10.9. The molecule has 0 aliphatic heterocycles. The van der Waals surface area contributed by atoms with Crippen LogP contribution in [-0.2, 0) is 30.7 Å². The van der Waals surface area contributed by atoms with Crippen molar-refractivity contribution in [1.82, 2.24) is 9.88 Å². The van der Waals surface area contributed by atoms with Crippen LogP contribution in [-0.4, -0.2) is 15.8 Å². The van der Waals surface area contributed by atoms with Gasteiger partial charge in [0.25, 0.3) is 0 Å². The van der Waals surface area contributed by atoms with Crippen molar-refractivity contribution in [2.75, 3.05) is 0 Å². The molecule has 3 heterocycles. The van der Waals surface area contributed by atoms with Crippen LogP contribution in [0.2, 0.25) is 0 Å². The number of amides is 1. The van der Waals surface area contributed by atoms with Gasteiger partial charge in [-0.1, -0.05) is 6.92 Å². The molecular formula is C18H20N2O2S2. The Morgan fingerprint density at radius 2 is 2.17 bits per heavy atom. The number of aryl methyl sites for hydroxylation is 2. The SMILES string of the molecule is CCc1nc(CC(=O)N(Cc2ccco2)Cc2ccc(C)s2)cs1. The highest BCUT2D eigenvalue weighted by Gasteiger charge is 2.18. The Morgan fingerprint density at radius 1 is 1.29 bits per heavy atom. The van der Waals surface area contributed by atoms with Crippen molar-refractivity contribution >= 4 is 28.6 Å². The summed E-state index contributed by atoms with van der Waals surface area (Å²) in [6.45, 7) is 5.23. The standard InChI is InChI=1S/C18H20N2O2S2/c1-3-17-19-14(12-23-17)9-18(21)20(10-15-5-4-8-22-15)11-16-7-6-13(2)24-16/h4-8,12H,3,9-11H2,1-2H3. The van der Waals surface area contributed by atoms with Crippen LogP contribution in [0.25, 0.3) is 0 Å². The zero-order chi connectivity index (χ0) is 16.9. The first-order valence-corrected chi connectivity index (χ1v) is 9.62. The smallest absolute Gasteiger partial charge is 0.229 e. The number of aromatic nitrogens is 1. The van der Waals surface area contributed by atoms with Crippen LogP contribution in [0, 0.1) is 6.92 Å². The first-order valence-electron chi connectivity index (χ1n) is 7.92. The van der Waals surface area contributed by atoms with Gasteiger partial charge in [-0.2, -0.15) is 0 Å². The van der Waals surface area contributed by atoms with E-state index in [9.17, 15) is 4.79 Å². The highest BCUT2D eigenvalue weighted by Crippen LogP contribution is 2.20. The summed E-state index contributed by atoms with van der Waals surface area (Å²) in [5.74, 6) is 0.870. The summed E-state index contributed by atoms with van der Waals surface area (Å²) in [6.07, 6.45) is 2.88. The molecule has 0 unspecified atom stereocenters. The maximum Gasteiger partial charge on any atom is 0.229 e. The molecule has 0 fully saturated rings. The Morgan fingerprint density at radius 3 is 2.79 bits per heavy atom. The van der Waals surface area contributed by atoms with Gasteiger partial charge in [-0.15, -0.1) is 22.7 Å². The van der Waals surface area contributed by atoms with Gasteiger partial charge < -0.3 is 9.32 Å². The summed E-state index contributed by atoms with van der Waals surface area (Å²) in [5, 5.41) is 3.06. The summed E-state index contributed by atoms with van der Waals surface area (Å²) < 4.78 is 5.42. The quantitative estimate of drug-likeness (QED) is 0.626. The highest BCUT2D eigenvalue weighted by atomic mass is 32.1. The van der Waals surface area contributed by atoms with Gasteiger partial charge in [0, 0.05) is 15.1 Å². The van der Waals surface area contributed by atoms with Gasteiger partial charge in [0.15, 0.2) is 0 Å². The van der Waals surface area contributed by atoms with Crippen LogP contribution in [0.3, 0.4) is 0 Å². The minimum atomic E-state index is 0.0745. The lowest BCUT2D eigenvalue weighted by Crippen LogP contribution is -2.31. The van der Waals surface area contributed by atoms with Crippen molar-refractivity contribution in [2.45, 2.75) is 39.8 Å². The van der Waals surface area contributed by atoms with E-state index in [1.54, 1.807) is 28.9 Å². The third-order valence-electron chi connectivity index (χ3n) is 3.66. The predicted octanol–water partition coefficient (Wildman–Crippen LogP) is 4.44. The molecule has 0 aliphatic carbocycles. The van der Waals surface area contributed by atoms with Crippen molar-refractivity contribution in [3.63, 3.8) is 0 Å². The molecule has 4 nitrogen and oxygen atoms in total. The lowest BCUT2D eigenvalue weighted by molar-refractivity contribution is -0.132. The number of nitrogens with zero attached hydrogens (tertiary/aromatic N) is 2. The summed E-state index contributed by atoms with van der Waals surface area (Å²) in [6, 6.07) is 7.92. The Labute approximate surface area is 149 Å². The van der Waals surface area contributed by atoms with Crippen molar-refractivity contribution < 1.29 is 9.21 Å². The molecule has 6 heteroatoms. The molecule has 0 saturated heterocycles. The molecule has 0 N–H and O–H groups in total. The van der Waals surface area contributed by atoms with Crippen LogP contribution in [0.1, 0.15) is 33.1 Å². The monoisotopic (exact) mass is 360 g/mol. The molecule has 0 aromatic carbocycles. The average Bonchev–Trinajstić information content (AvgIpc) is 3.29. The van der Waals surface area contributed by atoms with E-state index in [0.29, 0.717) is 19.5 Å². The fourth-order valence-electron chi connectivity index (χ4n) is 2.44. The molecule has 3 aromatic rings. The molecule has 0 radical (unpaired) electrons. The Hall–Kier alpha value is -1.92. The average molecular weight is 361 g/mol. The van der Waals surface area contributed by atoms with E-state index in [4.69, 9.17) is 4.42 Å². The third kappa shape index (κ3) is 4.33. The van der Waals surface area contributed by atoms with E-state index in [1.165, 1.54) is 9.75 Å². The molecular weight excluding hydrogens is 340 g/mol. The highest BCUT2D eigenvalue weighted by molar-refractivity contribution is 7.11. The fraction of sp³-hybridized carbons (Fsp3) is 0.333. The topological polar surface area (TPSA) is 46.3 Å². The van der Waals surface area contributed by atoms with E-state index in [1.807, 2.05) is 22.4 Å². The van der Waals surface area contributed by atoms with Gasteiger partial charge in [-0.05, 0) is 37.6 Å². The number of thiazole rings is 1. The lowest BCUT2D eigenvalue weighted by Gasteiger charge is -2.20. The van der Waals surface area contributed by atoms with Gasteiger partial charge >= 0.3 is 0 Å². The molecule has 0 spiro atoms. The van der Waals surface area contributed by atoms with Crippen molar-refractivity contribution in [2.24, 2.45) is 0 Å². The number of carbonyl (C=O) groups is 1. The number of hydrogen-bond acceptors (Lipinski definition) is 5. The van der Waals surface area contributed by atoms with Crippen LogP contribution in [0.15, 0.2) is 40.3 Å². The largest absolute Gasteiger partial charge is 0.467 e. The minimum absolute atomic E-state index is 0.0745. The zero-order valence-electron chi connectivity index (χ0n) is 13.8. The van der Waals surface area contributed by atoms with Crippen molar-refractivity contribution in [3.8, 4) is 0 Å². The second kappa shape index (κ2) is 7.77. The molecule has 0 saturated carbocycles. The fourth-order valence-corrected chi connectivity index (χ4v) is 4.09. The molecule has 3 rings (SSSR count). The van der Waals surface area contributed by atoms with Crippen molar-refractivity contribution in [1.29, 1.82) is 0 Å². The molecule has 1 amide bonds. The number of rotatable bonds is 7. The van der Waals surface area contributed by atoms with Crippen molar-refractivity contribution in [3.05, 3.63) is 62.1 Å². The molecule has 126 valence electrons. The first kappa shape index (κ1) is 16.9. The van der Waals surface area contributed by atoms with E-state index >= 15 is 0 Å². The van der Waals surface area contributed by atoms with E-state index in [-0.39, 0.29) is 5.91 Å². The number of hydrogen-bond donors (Lipinski definition) is 0. The summed E-state index contributed by atoms with van der Waals surface area (Å²) in [7, 11) is 0. The predicted molar refractivity (Wildman–Crippen MR) is 97.2 cm³/mol. The van der Waals surface area contributed by atoms with Crippen LogP contribution < -0.4 is 0 Å². The van der Waals surface area contributed by atoms with Crippen LogP contribution in [0.5, 0.6) is 0 Å². The maximum absolute atomic E-state index is 12.8. The number of furan rings is 1. The summed E-state index contributed by atoms with van der Waals surface area (Å²) in [5.41, 5.74) is 0.855. The second-order valence-electron chi connectivity index (χ2n) is 5.60. The lowest BCUT2D eigenvalue weighted by atomic mass is 10.2. The Kier molecular flexibility index (Phi) is 5.48. The molecule has 0 atom stereocenters. The van der Waals surface area contributed by atoms with E-state index in [0.717, 1.165) is 22.9 Å². The van der Waals surface area contributed by atoms with Gasteiger partial charge in [0.1, 0.15) is 5.76 Å². The minimum Gasteiger partial charge on any atom is -0.467 e. The van der Waals surface area contributed by atoms with Gasteiger partial charge in [-0.3, -0.25) is 4.79 Å². The first-order chi connectivity index (χ1) is 11.6. The third-order valence-corrected chi connectivity index (χ3v) is 5.68. The number of thiophene rings is 1. The summed E-state index contributed by atoms with van der Waals surface area (Å²) in [4.78, 5) is 21.6. The molecule has 3 aromatic heterocycles. The van der Waals surface area contributed by atoms with E-state index in [2.05, 4.69) is 31.0 Å². The summed E-state index contributed by atoms with van der Waals surface area (Å²) >= 11 is 3.34. The van der Waals surface area contributed by atoms with Gasteiger partial charge in [0.2, 0.25) is 5.91 Å². The molecule has 24 heavy (non-hydrogen) atoms. The van der Waals surface area contributed by atoms with Gasteiger partial charge in [0.05, 0.1) is 36.5 Å². The second-order valence-corrected chi connectivity index (χ2v) is 7.92.